The average molecular weight is 592 g/mol. The van der Waals surface area contributed by atoms with E-state index in [-0.39, 0.29) is 43.4 Å². The van der Waals surface area contributed by atoms with Gasteiger partial charge in [-0.2, -0.15) is 0 Å². The van der Waals surface area contributed by atoms with E-state index in [4.69, 9.17) is 4.74 Å². The number of carbonyl (C=O) groups is 2. The zero-order chi connectivity index (χ0) is 30.0. The maximum absolute atomic E-state index is 13.7. The van der Waals surface area contributed by atoms with Crippen LogP contribution in [0.25, 0.3) is 0 Å². The number of rotatable bonds is 11. The molecule has 0 amide bonds. The predicted molar refractivity (Wildman–Crippen MR) is 147 cm³/mol. The first-order valence-corrected chi connectivity index (χ1v) is 14.7. The summed E-state index contributed by atoms with van der Waals surface area (Å²) >= 11 is 0. The van der Waals surface area contributed by atoms with E-state index in [1.54, 1.807) is 0 Å². The van der Waals surface area contributed by atoms with Crippen molar-refractivity contribution in [2.75, 3.05) is 28.8 Å². The van der Waals surface area contributed by atoms with Crippen LogP contribution in [0.5, 0.6) is 5.75 Å². The van der Waals surface area contributed by atoms with Gasteiger partial charge in [-0.15, -0.1) is 0 Å². The van der Waals surface area contributed by atoms with Crippen molar-refractivity contribution in [2.24, 2.45) is 0 Å². The summed E-state index contributed by atoms with van der Waals surface area (Å²) in [5.74, 6) is -2.43. The van der Waals surface area contributed by atoms with Gasteiger partial charge in [-0.3, -0.25) is 23.2 Å². The number of aliphatic carboxylic acids is 2. The number of sulfonamides is 2. The van der Waals surface area contributed by atoms with Gasteiger partial charge < -0.3 is 14.9 Å². The Morgan fingerprint density at radius 2 is 1.18 bits per heavy atom. The van der Waals surface area contributed by atoms with E-state index in [0.717, 1.165) is 14.8 Å². The fourth-order valence-corrected chi connectivity index (χ4v) is 7.36. The lowest BCUT2D eigenvalue weighted by Crippen LogP contribution is -2.39. The second-order valence-electron chi connectivity index (χ2n) is 8.87. The molecular formula is C26H29N3O9S2. The molecule has 2 N–H and O–H groups in total. The van der Waals surface area contributed by atoms with Gasteiger partial charge >= 0.3 is 11.9 Å². The van der Waals surface area contributed by atoms with Gasteiger partial charge in [0.2, 0.25) is 0 Å². The third kappa shape index (κ3) is 5.72. The molecule has 0 saturated carbocycles. The predicted octanol–water partition coefficient (Wildman–Crippen LogP) is 2.88. The Morgan fingerprint density at radius 3 is 1.52 bits per heavy atom. The maximum Gasteiger partial charge on any atom is 0.324 e. The fraction of sp³-hybridized carbons (Fsp3) is 0.269. The number of methoxy groups -OCH3 is 1. The first-order valence-electron chi connectivity index (χ1n) is 11.8. The second kappa shape index (κ2) is 11.5. The number of hydrogen-bond donors (Lipinski definition) is 2. The molecule has 0 radical (unpaired) electrons. The van der Waals surface area contributed by atoms with Gasteiger partial charge in [-0.25, -0.2) is 16.8 Å². The molecule has 0 saturated heterocycles. The molecule has 214 valence electrons. The largest absolute Gasteiger partial charge is 0.497 e. The average Bonchev–Trinajstić information content (AvgIpc) is 2.91. The summed E-state index contributed by atoms with van der Waals surface area (Å²) in [6.45, 7) is 4.25. The molecule has 14 heteroatoms. The van der Waals surface area contributed by atoms with Crippen molar-refractivity contribution in [3.05, 3.63) is 71.0 Å². The van der Waals surface area contributed by atoms with Crippen LogP contribution in [0.1, 0.15) is 22.3 Å². The van der Waals surface area contributed by atoms with Gasteiger partial charge in [0.25, 0.3) is 20.0 Å². The lowest BCUT2D eigenvalue weighted by Gasteiger charge is -2.32. The molecule has 0 aliphatic heterocycles. The Morgan fingerprint density at radius 1 is 0.750 bits per heavy atom. The Hall–Kier alpha value is -4.17. The van der Waals surface area contributed by atoms with Crippen molar-refractivity contribution in [3.8, 4) is 5.75 Å². The summed E-state index contributed by atoms with van der Waals surface area (Å²) < 4.78 is 61.2. The molecule has 2 aromatic carbocycles. The van der Waals surface area contributed by atoms with Gasteiger partial charge in [-0.1, -0.05) is 0 Å². The van der Waals surface area contributed by atoms with Crippen LogP contribution in [0.4, 0.5) is 11.4 Å². The summed E-state index contributed by atoms with van der Waals surface area (Å²) in [5, 5.41) is 19.3. The van der Waals surface area contributed by atoms with Crippen molar-refractivity contribution < 1.29 is 41.4 Å². The van der Waals surface area contributed by atoms with Gasteiger partial charge in [-0.05, 0) is 86.3 Å². The van der Waals surface area contributed by atoms with E-state index in [0.29, 0.717) is 5.75 Å². The molecule has 0 spiro atoms. The lowest BCUT2D eigenvalue weighted by molar-refractivity contribution is -0.136. The van der Waals surface area contributed by atoms with Gasteiger partial charge in [0, 0.05) is 12.4 Å². The molecule has 0 atom stereocenters. The van der Waals surface area contributed by atoms with Gasteiger partial charge in [0.1, 0.15) is 23.7 Å². The van der Waals surface area contributed by atoms with Crippen LogP contribution in [0.15, 0.2) is 58.6 Å². The molecule has 0 fully saturated rings. The summed E-state index contributed by atoms with van der Waals surface area (Å²) in [6, 6.07) is 8.12. The van der Waals surface area contributed by atoms with Crippen LogP contribution in [0.3, 0.4) is 0 Å². The van der Waals surface area contributed by atoms with E-state index in [9.17, 15) is 36.6 Å². The molecule has 0 bridgehead atoms. The summed E-state index contributed by atoms with van der Waals surface area (Å²) in [6.07, 6.45) is 2.47. The fourth-order valence-electron chi connectivity index (χ4n) is 4.34. The molecule has 0 aliphatic rings. The Bertz CT molecular complexity index is 1630. The van der Waals surface area contributed by atoms with Crippen LogP contribution < -0.4 is 13.3 Å². The van der Waals surface area contributed by atoms with Gasteiger partial charge in [0.05, 0.1) is 23.4 Å². The summed E-state index contributed by atoms with van der Waals surface area (Å²) in [4.78, 5) is 27.1. The monoisotopic (exact) mass is 591 g/mol. The number of benzene rings is 2. The molecule has 3 rings (SSSR count). The van der Waals surface area contributed by atoms with Crippen LogP contribution in [0.2, 0.25) is 0 Å². The Kier molecular flexibility index (Phi) is 8.75. The molecule has 1 heterocycles. The highest BCUT2D eigenvalue weighted by molar-refractivity contribution is 7.93. The smallest absolute Gasteiger partial charge is 0.324 e. The maximum atomic E-state index is 13.7. The van der Waals surface area contributed by atoms with Crippen LogP contribution in [0, 0.1) is 27.7 Å². The molecule has 0 aliphatic carbocycles. The third-order valence-electron chi connectivity index (χ3n) is 6.47. The van der Waals surface area contributed by atoms with Crippen molar-refractivity contribution in [1.82, 2.24) is 4.98 Å². The van der Waals surface area contributed by atoms with Gasteiger partial charge in [0.15, 0.2) is 0 Å². The molecule has 0 unspecified atom stereocenters. The van der Waals surface area contributed by atoms with E-state index in [1.165, 1.54) is 77.4 Å². The number of carboxylic acids is 2. The number of pyridine rings is 1. The highest BCUT2D eigenvalue weighted by atomic mass is 32.2. The third-order valence-corrected chi connectivity index (χ3v) is 9.96. The first-order chi connectivity index (χ1) is 18.6. The lowest BCUT2D eigenvalue weighted by atomic mass is 9.95. The normalized spacial score (nSPS) is 11.6. The van der Waals surface area contributed by atoms with Crippen molar-refractivity contribution >= 4 is 43.4 Å². The van der Waals surface area contributed by atoms with Crippen molar-refractivity contribution in [3.63, 3.8) is 0 Å². The Balaban J connectivity index is 2.31. The summed E-state index contributed by atoms with van der Waals surface area (Å²) in [7, 11) is -7.40. The van der Waals surface area contributed by atoms with Crippen LogP contribution in [-0.4, -0.2) is 64.2 Å². The van der Waals surface area contributed by atoms with E-state index >= 15 is 0 Å². The number of hydrogen-bond acceptors (Lipinski definition) is 8. The van der Waals surface area contributed by atoms with E-state index < -0.39 is 45.1 Å². The molecule has 1 aromatic heterocycles. The van der Waals surface area contributed by atoms with E-state index in [2.05, 4.69) is 4.98 Å². The van der Waals surface area contributed by atoms with Crippen LogP contribution in [-0.2, 0) is 29.6 Å². The quantitative estimate of drug-likeness (QED) is 0.338. The zero-order valence-corrected chi connectivity index (χ0v) is 24.1. The van der Waals surface area contributed by atoms with E-state index in [1.807, 2.05) is 0 Å². The number of nitrogens with zero attached hydrogens (tertiary/aromatic N) is 3. The number of ether oxygens (including phenoxy) is 1. The second-order valence-corrected chi connectivity index (χ2v) is 12.6. The Labute approximate surface area is 232 Å². The molecule has 3 aromatic rings. The topological polar surface area (TPSA) is 171 Å². The van der Waals surface area contributed by atoms with Crippen LogP contribution >= 0.6 is 0 Å². The minimum absolute atomic E-state index is 0.0436. The highest BCUT2D eigenvalue weighted by Crippen LogP contribution is 2.41. The SMILES string of the molecule is COc1ccc(S(=O)(=O)N(CC(=O)O)c2c(C)c(C)c(N(CC(=O)O)S(=O)(=O)c3cccnc3)c(C)c2C)cc1. The number of aromatic nitrogens is 1. The standard InChI is InChI=1S/C26H29N3O9S2/c1-16-18(3)26(29(15-24(32)33)40(36,37)22-7-6-12-27-13-22)19(4)17(2)25(16)28(14-23(30)31)39(34,35)21-10-8-20(38-5)9-11-21/h6-13H,14-15H2,1-5H3,(H,30,31)(H,32,33). The number of carboxylic acid groups (broad SMARTS) is 2. The first kappa shape index (κ1) is 30.4. The van der Waals surface area contributed by atoms with Crippen molar-refractivity contribution in [1.29, 1.82) is 0 Å². The number of anilines is 2. The highest BCUT2D eigenvalue weighted by Gasteiger charge is 2.35. The minimum atomic E-state index is -4.41. The zero-order valence-electron chi connectivity index (χ0n) is 22.4. The minimum Gasteiger partial charge on any atom is -0.497 e. The molecular weight excluding hydrogens is 562 g/mol. The van der Waals surface area contributed by atoms with Crippen molar-refractivity contribution in [2.45, 2.75) is 37.5 Å². The molecule has 12 nitrogen and oxygen atoms in total. The summed E-state index contributed by atoms with van der Waals surface area (Å²) in [5.41, 5.74) is 1.12. The molecule has 40 heavy (non-hydrogen) atoms.